The molecular formula is C21H27NO5. The van der Waals surface area contributed by atoms with Gasteiger partial charge in [0.2, 0.25) is 5.91 Å². The second-order valence-corrected chi connectivity index (χ2v) is 7.24. The normalized spacial score (nSPS) is 25.1. The highest BCUT2D eigenvalue weighted by molar-refractivity contribution is 5.95. The van der Waals surface area contributed by atoms with Crippen LogP contribution in [0.1, 0.15) is 44.1 Å². The van der Waals surface area contributed by atoms with E-state index in [0.717, 1.165) is 31.2 Å². The van der Waals surface area contributed by atoms with Gasteiger partial charge in [0.15, 0.2) is 11.5 Å². The van der Waals surface area contributed by atoms with Gasteiger partial charge in [-0.25, -0.2) is 4.79 Å². The average molecular weight is 373 g/mol. The van der Waals surface area contributed by atoms with E-state index in [2.05, 4.69) is 0 Å². The van der Waals surface area contributed by atoms with Crippen LogP contribution in [0, 0.1) is 5.92 Å². The lowest BCUT2D eigenvalue weighted by Gasteiger charge is -2.46. The quantitative estimate of drug-likeness (QED) is 0.801. The monoisotopic (exact) mass is 373 g/mol. The van der Waals surface area contributed by atoms with Crippen molar-refractivity contribution in [2.45, 2.75) is 50.6 Å². The first kappa shape index (κ1) is 19.3. The van der Waals surface area contributed by atoms with E-state index < -0.39 is 12.0 Å². The van der Waals surface area contributed by atoms with Gasteiger partial charge in [-0.15, -0.1) is 0 Å². The van der Waals surface area contributed by atoms with Crippen molar-refractivity contribution in [1.82, 2.24) is 4.90 Å². The highest BCUT2D eigenvalue weighted by Gasteiger charge is 2.43. The molecule has 6 nitrogen and oxygen atoms in total. The Morgan fingerprint density at radius 2 is 1.81 bits per heavy atom. The molecule has 1 N–H and O–H groups in total. The van der Waals surface area contributed by atoms with E-state index in [4.69, 9.17) is 9.47 Å². The maximum atomic E-state index is 12.9. The van der Waals surface area contributed by atoms with E-state index in [0.29, 0.717) is 23.8 Å². The first-order chi connectivity index (χ1) is 13.0. The van der Waals surface area contributed by atoms with Crippen LogP contribution in [0.25, 0.3) is 6.08 Å². The molecule has 1 aliphatic carbocycles. The molecule has 1 aromatic carbocycles. The van der Waals surface area contributed by atoms with E-state index in [1.54, 1.807) is 37.3 Å². The molecular weight excluding hydrogens is 346 g/mol. The van der Waals surface area contributed by atoms with Gasteiger partial charge < -0.3 is 19.5 Å². The lowest BCUT2D eigenvalue weighted by molar-refractivity contribution is -0.155. The van der Waals surface area contributed by atoms with Gasteiger partial charge in [-0.3, -0.25) is 4.79 Å². The van der Waals surface area contributed by atoms with Crippen LogP contribution < -0.4 is 9.47 Å². The van der Waals surface area contributed by atoms with Gasteiger partial charge in [0.05, 0.1) is 14.2 Å². The third-order valence-electron chi connectivity index (χ3n) is 5.74. The Morgan fingerprint density at radius 3 is 2.52 bits per heavy atom. The van der Waals surface area contributed by atoms with Gasteiger partial charge in [-0.1, -0.05) is 18.9 Å². The number of fused-ring (bicyclic) bond motifs is 1. The molecule has 6 heteroatoms. The summed E-state index contributed by atoms with van der Waals surface area (Å²) in [5.41, 5.74) is 0.796. The van der Waals surface area contributed by atoms with E-state index in [1.165, 1.54) is 12.5 Å². The lowest BCUT2D eigenvalue weighted by Crippen LogP contribution is -2.57. The SMILES string of the molecule is COc1ccc(/C=C/C(=O)N2C(C(=O)O)CCC3CCCCC32)cc1OC. The number of carboxylic acids is 1. The van der Waals surface area contributed by atoms with Crippen molar-refractivity contribution < 1.29 is 24.2 Å². The summed E-state index contributed by atoms with van der Waals surface area (Å²) in [7, 11) is 3.13. The molecule has 1 aromatic rings. The third kappa shape index (κ3) is 4.10. The summed E-state index contributed by atoms with van der Waals surface area (Å²) in [6, 6.07) is 4.71. The molecule has 0 aromatic heterocycles. The predicted molar refractivity (Wildman–Crippen MR) is 102 cm³/mol. The topological polar surface area (TPSA) is 76.1 Å². The minimum absolute atomic E-state index is 0.0381. The van der Waals surface area contributed by atoms with Crippen LogP contribution in [-0.2, 0) is 9.59 Å². The first-order valence-electron chi connectivity index (χ1n) is 9.50. The summed E-state index contributed by atoms with van der Waals surface area (Å²) in [6.07, 6.45) is 8.81. The number of amides is 1. The number of carboxylic acid groups (broad SMARTS) is 1. The van der Waals surface area contributed by atoms with Crippen molar-refractivity contribution in [3.63, 3.8) is 0 Å². The fourth-order valence-corrected chi connectivity index (χ4v) is 4.40. The molecule has 1 saturated heterocycles. The number of carbonyl (C=O) groups is 2. The summed E-state index contributed by atoms with van der Waals surface area (Å²) in [6.45, 7) is 0. The average Bonchev–Trinajstić information content (AvgIpc) is 2.70. The largest absolute Gasteiger partial charge is 0.493 e. The second kappa shape index (κ2) is 8.46. The van der Waals surface area contributed by atoms with Crippen molar-refractivity contribution in [2.75, 3.05) is 14.2 Å². The number of hydrogen-bond donors (Lipinski definition) is 1. The fourth-order valence-electron chi connectivity index (χ4n) is 4.40. The molecule has 1 heterocycles. The molecule has 3 unspecified atom stereocenters. The second-order valence-electron chi connectivity index (χ2n) is 7.24. The Bertz CT molecular complexity index is 729. The number of piperidine rings is 1. The molecule has 27 heavy (non-hydrogen) atoms. The summed E-state index contributed by atoms with van der Waals surface area (Å²) in [5.74, 6) is 0.488. The first-order valence-corrected chi connectivity index (χ1v) is 9.50. The van der Waals surface area contributed by atoms with Crippen LogP contribution >= 0.6 is 0 Å². The zero-order chi connectivity index (χ0) is 19.4. The van der Waals surface area contributed by atoms with E-state index in [9.17, 15) is 14.7 Å². The predicted octanol–water partition coefficient (Wildman–Crippen LogP) is 3.35. The number of rotatable bonds is 5. The molecule has 0 spiro atoms. The van der Waals surface area contributed by atoms with Gasteiger partial charge in [0, 0.05) is 12.1 Å². The fraction of sp³-hybridized carbons (Fsp3) is 0.524. The number of carbonyl (C=O) groups excluding carboxylic acids is 1. The summed E-state index contributed by atoms with van der Waals surface area (Å²) >= 11 is 0. The van der Waals surface area contributed by atoms with Crippen molar-refractivity contribution in [3.8, 4) is 11.5 Å². The van der Waals surface area contributed by atoms with Crippen LogP contribution in [0.15, 0.2) is 24.3 Å². The zero-order valence-corrected chi connectivity index (χ0v) is 15.9. The molecule has 3 atom stereocenters. The Morgan fingerprint density at radius 1 is 1.07 bits per heavy atom. The number of methoxy groups -OCH3 is 2. The highest BCUT2D eigenvalue weighted by Crippen LogP contribution is 2.38. The standard InChI is InChI=1S/C21H27NO5/c1-26-18-11-7-14(13-19(18)27-2)8-12-20(23)22-16-6-4-3-5-15(16)9-10-17(22)21(24)25/h7-8,11-13,15-17H,3-6,9-10H2,1-2H3,(H,24,25)/b12-8+. The van der Waals surface area contributed by atoms with Crippen LogP contribution in [0.5, 0.6) is 11.5 Å². The maximum Gasteiger partial charge on any atom is 0.326 e. The van der Waals surface area contributed by atoms with Crippen LogP contribution in [0.4, 0.5) is 0 Å². The van der Waals surface area contributed by atoms with Gasteiger partial charge in [-0.05, 0) is 55.4 Å². The summed E-state index contributed by atoms with van der Waals surface area (Å²) in [5, 5.41) is 9.61. The van der Waals surface area contributed by atoms with Crippen molar-refractivity contribution in [2.24, 2.45) is 5.92 Å². The lowest BCUT2D eigenvalue weighted by atomic mass is 9.76. The van der Waals surface area contributed by atoms with Crippen LogP contribution in [0.3, 0.4) is 0 Å². The smallest absolute Gasteiger partial charge is 0.326 e. The van der Waals surface area contributed by atoms with Gasteiger partial charge in [0.1, 0.15) is 6.04 Å². The Balaban J connectivity index is 1.81. The molecule has 146 valence electrons. The highest BCUT2D eigenvalue weighted by atomic mass is 16.5. The number of benzene rings is 1. The summed E-state index contributed by atoms with van der Waals surface area (Å²) < 4.78 is 10.5. The van der Waals surface area contributed by atoms with E-state index in [-0.39, 0.29) is 11.9 Å². The molecule has 1 amide bonds. The van der Waals surface area contributed by atoms with E-state index in [1.807, 2.05) is 6.07 Å². The zero-order valence-electron chi connectivity index (χ0n) is 15.9. The number of likely N-dealkylation sites (tertiary alicyclic amines) is 1. The van der Waals surface area contributed by atoms with Gasteiger partial charge in [-0.2, -0.15) is 0 Å². The van der Waals surface area contributed by atoms with Crippen molar-refractivity contribution in [1.29, 1.82) is 0 Å². The van der Waals surface area contributed by atoms with Crippen molar-refractivity contribution >= 4 is 18.0 Å². The molecule has 1 saturated carbocycles. The molecule has 2 aliphatic rings. The minimum atomic E-state index is -0.910. The third-order valence-corrected chi connectivity index (χ3v) is 5.74. The van der Waals surface area contributed by atoms with E-state index >= 15 is 0 Å². The Hall–Kier alpha value is -2.50. The van der Waals surface area contributed by atoms with Gasteiger partial charge in [0.25, 0.3) is 0 Å². The summed E-state index contributed by atoms with van der Waals surface area (Å²) in [4.78, 5) is 26.3. The number of nitrogens with zero attached hydrogens (tertiary/aromatic N) is 1. The maximum absolute atomic E-state index is 12.9. The number of ether oxygens (including phenoxy) is 2. The van der Waals surface area contributed by atoms with Crippen molar-refractivity contribution in [3.05, 3.63) is 29.8 Å². The number of hydrogen-bond acceptors (Lipinski definition) is 4. The molecule has 1 aliphatic heterocycles. The number of aliphatic carboxylic acids is 1. The molecule has 0 bridgehead atoms. The molecule has 3 rings (SSSR count). The van der Waals surface area contributed by atoms with Crippen LogP contribution in [0.2, 0.25) is 0 Å². The molecule has 0 radical (unpaired) electrons. The minimum Gasteiger partial charge on any atom is -0.493 e. The molecule has 2 fully saturated rings. The van der Waals surface area contributed by atoms with Gasteiger partial charge >= 0.3 is 5.97 Å². The Labute approximate surface area is 159 Å². The van der Waals surface area contributed by atoms with Crippen LogP contribution in [-0.4, -0.2) is 48.2 Å². The Kier molecular flexibility index (Phi) is 6.04.